The highest BCUT2D eigenvalue weighted by Crippen LogP contribution is 2.33. The van der Waals surface area contributed by atoms with Crippen LogP contribution in [0.25, 0.3) is 10.4 Å². The van der Waals surface area contributed by atoms with Crippen LogP contribution >= 0.6 is 15.9 Å². The molecule has 94 valence electrons. The van der Waals surface area contributed by atoms with Crippen LogP contribution in [0.5, 0.6) is 0 Å². The Morgan fingerprint density at radius 2 is 2.44 bits per heavy atom. The first-order valence-electron chi connectivity index (χ1n) is 5.33. The third-order valence-corrected chi connectivity index (χ3v) is 3.45. The van der Waals surface area contributed by atoms with E-state index >= 15 is 0 Å². The van der Waals surface area contributed by atoms with Crippen molar-refractivity contribution in [3.8, 4) is 0 Å². The molecular weight excluding hydrogens is 300 g/mol. The van der Waals surface area contributed by atoms with Crippen molar-refractivity contribution in [2.24, 2.45) is 11.0 Å². The first-order valence-corrected chi connectivity index (χ1v) is 6.13. The van der Waals surface area contributed by atoms with E-state index in [1.165, 1.54) is 0 Å². The molecule has 0 spiro atoms. The second-order valence-corrected chi connectivity index (χ2v) is 4.90. The van der Waals surface area contributed by atoms with Gasteiger partial charge in [0.05, 0.1) is 22.0 Å². The number of halogens is 1. The van der Waals surface area contributed by atoms with E-state index in [-0.39, 0.29) is 11.8 Å². The minimum absolute atomic E-state index is 0.0280. The summed E-state index contributed by atoms with van der Waals surface area (Å²) in [5.74, 6) is 0.00604. The number of carbonyl (C=O) groups is 1. The molecule has 0 saturated carbocycles. The monoisotopic (exact) mass is 310 g/mol. The molecule has 1 atom stereocenters. The maximum Gasteiger partial charge on any atom is 0.227 e. The Hall–Kier alpha value is -1.79. The smallest absolute Gasteiger partial charge is 0.227 e. The van der Waals surface area contributed by atoms with E-state index in [0.29, 0.717) is 35.4 Å². The van der Waals surface area contributed by atoms with Gasteiger partial charge >= 0.3 is 0 Å². The molecule has 1 aliphatic rings. The average Bonchev–Trinajstić information content (AvgIpc) is 2.71. The number of anilines is 2. The number of nitrogen functional groups attached to an aromatic ring is 1. The molecule has 0 radical (unpaired) electrons. The van der Waals surface area contributed by atoms with Crippen molar-refractivity contribution in [1.82, 2.24) is 4.98 Å². The summed E-state index contributed by atoms with van der Waals surface area (Å²) in [7, 11) is 0. The third-order valence-electron chi connectivity index (χ3n) is 2.82. The molecular formula is C10H11BrN6O. The first kappa shape index (κ1) is 12.7. The zero-order valence-corrected chi connectivity index (χ0v) is 11.0. The fourth-order valence-corrected chi connectivity index (χ4v) is 2.26. The molecule has 18 heavy (non-hydrogen) atoms. The lowest BCUT2D eigenvalue weighted by atomic mass is 10.1. The number of pyridine rings is 1. The molecule has 2 rings (SSSR count). The van der Waals surface area contributed by atoms with Gasteiger partial charge in [-0.3, -0.25) is 9.78 Å². The lowest BCUT2D eigenvalue weighted by molar-refractivity contribution is -0.117. The van der Waals surface area contributed by atoms with Crippen LogP contribution in [0, 0.1) is 5.92 Å². The molecule has 1 fully saturated rings. The molecule has 1 aromatic heterocycles. The van der Waals surface area contributed by atoms with Gasteiger partial charge in [-0.25, -0.2) is 0 Å². The summed E-state index contributed by atoms with van der Waals surface area (Å²) in [5, 5.41) is 3.50. The van der Waals surface area contributed by atoms with E-state index in [1.54, 1.807) is 17.3 Å². The van der Waals surface area contributed by atoms with Crippen molar-refractivity contribution in [2.75, 3.05) is 23.7 Å². The summed E-state index contributed by atoms with van der Waals surface area (Å²) >= 11 is 3.28. The van der Waals surface area contributed by atoms with E-state index in [2.05, 4.69) is 30.9 Å². The normalized spacial score (nSPS) is 18.8. The number of nitrogens with two attached hydrogens (primary N) is 1. The van der Waals surface area contributed by atoms with Crippen LogP contribution in [0.15, 0.2) is 22.0 Å². The molecule has 7 nitrogen and oxygen atoms in total. The lowest BCUT2D eigenvalue weighted by Gasteiger charge is -2.18. The molecule has 1 saturated heterocycles. The fourth-order valence-electron chi connectivity index (χ4n) is 1.94. The quantitative estimate of drug-likeness (QED) is 0.524. The van der Waals surface area contributed by atoms with Gasteiger partial charge in [0.2, 0.25) is 5.91 Å². The fraction of sp³-hybridized carbons (Fsp3) is 0.400. The lowest BCUT2D eigenvalue weighted by Crippen LogP contribution is -2.26. The van der Waals surface area contributed by atoms with Gasteiger partial charge in [-0.2, -0.15) is 0 Å². The maximum atomic E-state index is 11.9. The van der Waals surface area contributed by atoms with E-state index in [9.17, 15) is 4.79 Å². The zero-order valence-electron chi connectivity index (χ0n) is 9.45. The number of hydrogen-bond acceptors (Lipinski definition) is 4. The summed E-state index contributed by atoms with van der Waals surface area (Å²) in [6, 6.07) is 0. The first-order chi connectivity index (χ1) is 8.63. The zero-order chi connectivity index (χ0) is 13.1. The number of aromatic nitrogens is 1. The molecule has 1 aliphatic heterocycles. The second-order valence-electron chi connectivity index (χ2n) is 4.04. The van der Waals surface area contributed by atoms with Crippen molar-refractivity contribution < 1.29 is 4.79 Å². The van der Waals surface area contributed by atoms with Crippen LogP contribution in [0.4, 0.5) is 11.4 Å². The van der Waals surface area contributed by atoms with Crippen LogP contribution in [0.2, 0.25) is 0 Å². The van der Waals surface area contributed by atoms with Crippen molar-refractivity contribution in [2.45, 2.75) is 6.42 Å². The Kier molecular flexibility index (Phi) is 3.69. The molecule has 2 N–H and O–H groups in total. The summed E-state index contributed by atoms with van der Waals surface area (Å²) in [4.78, 5) is 20.2. The SMILES string of the molecule is [N-]=[N+]=NCC1CC(=O)N(c2cncc(Br)c2N)C1. The molecule has 1 unspecified atom stereocenters. The molecule has 0 aliphatic carbocycles. The number of rotatable bonds is 3. The van der Waals surface area contributed by atoms with E-state index < -0.39 is 0 Å². The predicted octanol–water partition coefficient (Wildman–Crippen LogP) is 2.09. The van der Waals surface area contributed by atoms with Crippen molar-refractivity contribution in [3.63, 3.8) is 0 Å². The van der Waals surface area contributed by atoms with Crippen LogP contribution in [0.1, 0.15) is 6.42 Å². The molecule has 2 heterocycles. The molecule has 1 amide bonds. The van der Waals surface area contributed by atoms with Gasteiger partial charge in [0, 0.05) is 30.6 Å². The summed E-state index contributed by atoms with van der Waals surface area (Å²) < 4.78 is 0.659. The highest BCUT2D eigenvalue weighted by atomic mass is 79.9. The Morgan fingerprint density at radius 3 is 3.17 bits per heavy atom. The van der Waals surface area contributed by atoms with E-state index in [4.69, 9.17) is 11.3 Å². The van der Waals surface area contributed by atoms with Gasteiger partial charge in [-0.1, -0.05) is 5.11 Å². The molecule has 0 aromatic carbocycles. The molecule has 0 bridgehead atoms. The minimum atomic E-state index is -0.0280. The largest absolute Gasteiger partial charge is 0.396 e. The topological polar surface area (TPSA) is 108 Å². The number of amides is 1. The van der Waals surface area contributed by atoms with Crippen molar-refractivity contribution in [3.05, 3.63) is 27.3 Å². The van der Waals surface area contributed by atoms with Crippen LogP contribution in [-0.2, 0) is 4.79 Å². The number of carbonyl (C=O) groups excluding carboxylic acids is 1. The van der Waals surface area contributed by atoms with Crippen LogP contribution in [-0.4, -0.2) is 24.0 Å². The summed E-state index contributed by atoms with van der Waals surface area (Å²) in [6.45, 7) is 0.820. The Labute approximate surface area is 112 Å². The van der Waals surface area contributed by atoms with Crippen LogP contribution in [0.3, 0.4) is 0 Å². The van der Waals surface area contributed by atoms with Crippen LogP contribution < -0.4 is 10.6 Å². The second kappa shape index (κ2) is 5.24. The summed E-state index contributed by atoms with van der Waals surface area (Å²) in [5.41, 5.74) is 15.3. The highest BCUT2D eigenvalue weighted by molar-refractivity contribution is 9.10. The maximum absolute atomic E-state index is 11.9. The van der Waals surface area contributed by atoms with Crippen molar-refractivity contribution in [1.29, 1.82) is 0 Å². The van der Waals surface area contributed by atoms with Gasteiger partial charge in [-0.05, 0) is 27.4 Å². The molecule has 8 heteroatoms. The van der Waals surface area contributed by atoms with Gasteiger partial charge in [0.1, 0.15) is 0 Å². The predicted molar refractivity (Wildman–Crippen MR) is 70.8 cm³/mol. The Bertz CT molecular complexity index is 527. The van der Waals surface area contributed by atoms with Gasteiger partial charge < -0.3 is 10.6 Å². The standard InChI is InChI=1S/C10H11BrN6O/c11-7-3-14-4-8(10(7)12)17-5-6(1-9(17)18)2-15-16-13/h3-4,6H,1-2,5H2,(H2,12,14). The number of nitrogens with zero attached hydrogens (tertiary/aromatic N) is 5. The molecule has 1 aromatic rings. The van der Waals surface area contributed by atoms with Gasteiger partial charge in [0.15, 0.2) is 0 Å². The Balaban J connectivity index is 2.21. The Morgan fingerprint density at radius 1 is 1.67 bits per heavy atom. The van der Waals surface area contributed by atoms with Crippen molar-refractivity contribution >= 4 is 33.2 Å². The van der Waals surface area contributed by atoms with Gasteiger partial charge in [-0.15, -0.1) is 0 Å². The third kappa shape index (κ3) is 2.39. The number of hydrogen-bond donors (Lipinski definition) is 1. The number of azide groups is 1. The summed E-state index contributed by atoms with van der Waals surface area (Å²) in [6.07, 6.45) is 3.51. The van der Waals surface area contributed by atoms with E-state index in [0.717, 1.165) is 0 Å². The minimum Gasteiger partial charge on any atom is -0.396 e. The average molecular weight is 311 g/mol. The van der Waals surface area contributed by atoms with Gasteiger partial charge in [0.25, 0.3) is 0 Å². The van der Waals surface area contributed by atoms with E-state index in [1.807, 2.05) is 0 Å². The highest BCUT2D eigenvalue weighted by Gasteiger charge is 2.31.